The average molecular weight is 261 g/mol. The Morgan fingerprint density at radius 2 is 1.89 bits per heavy atom. The first kappa shape index (κ1) is 15.0. The fourth-order valence-electron chi connectivity index (χ4n) is 1.54. The maximum absolute atomic E-state index is 12.0. The lowest BCUT2D eigenvalue weighted by Gasteiger charge is -2.15. The van der Waals surface area contributed by atoms with E-state index in [-0.39, 0.29) is 5.91 Å². The van der Waals surface area contributed by atoms with E-state index in [0.717, 1.165) is 5.57 Å². The number of esters is 1. The third kappa shape index (κ3) is 4.95. The van der Waals surface area contributed by atoms with E-state index in [1.165, 1.54) is 7.11 Å². The smallest absolute Gasteiger partial charge is 0.328 e. The first-order chi connectivity index (χ1) is 9.04. The van der Waals surface area contributed by atoms with Gasteiger partial charge in [-0.2, -0.15) is 0 Å². The Morgan fingerprint density at radius 3 is 2.42 bits per heavy atom. The highest BCUT2D eigenvalue weighted by Crippen LogP contribution is 2.04. The van der Waals surface area contributed by atoms with Crippen LogP contribution in [0.5, 0.6) is 0 Å². The molecule has 0 heterocycles. The zero-order chi connectivity index (χ0) is 14.3. The molecule has 4 heteroatoms. The van der Waals surface area contributed by atoms with Crippen molar-refractivity contribution in [3.8, 4) is 0 Å². The van der Waals surface area contributed by atoms with E-state index < -0.39 is 12.0 Å². The number of carbonyl (C=O) groups excluding carboxylic acids is 2. The fraction of sp³-hybridized carbons (Fsp3) is 0.333. The van der Waals surface area contributed by atoms with Crippen LogP contribution in [0.3, 0.4) is 0 Å². The van der Waals surface area contributed by atoms with Gasteiger partial charge in [-0.15, -0.1) is 0 Å². The van der Waals surface area contributed by atoms with Crippen molar-refractivity contribution in [3.63, 3.8) is 0 Å². The lowest BCUT2D eigenvalue weighted by Crippen LogP contribution is -2.41. The number of rotatable bonds is 5. The fourth-order valence-corrected chi connectivity index (χ4v) is 1.54. The molecule has 102 valence electrons. The van der Waals surface area contributed by atoms with E-state index in [4.69, 9.17) is 4.74 Å². The van der Waals surface area contributed by atoms with Gasteiger partial charge in [0.15, 0.2) is 0 Å². The quantitative estimate of drug-likeness (QED) is 0.653. The monoisotopic (exact) mass is 261 g/mol. The van der Waals surface area contributed by atoms with Gasteiger partial charge < -0.3 is 10.1 Å². The van der Waals surface area contributed by atoms with Gasteiger partial charge in [-0.3, -0.25) is 4.79 Å². The summed E-state index contributed by atoms with van der Waals surface area (Å²) in [7, 11) is 1.31. The molecule has 0 saturated carbocycles. The molecular formula is C15H19NO3. The summed E-state index contributed by atoms with van der Waals surface area (Å²) in [5.41, 5.74) is 1.61. The van der Waals surface area contributed by atoms with Crippen molar-refractivity contribution in [1.29, 1.82) is 0 Å². The number of carbonyl (C=O) groups is 2. The van der Waals surface area contributed by atoms with Crippen LogP contribution in [-0.4, -0.2) is 25.0 Å². The minimum Gasteiger partial charge on any atom is -0.467 e. The van der Waals surface area contributed by atoms with E-state index >= 15 is 0 Å². The molecule has 0 aliphatic carbocycles. The number of hydrogen-bond donors (Lipinski definition) is 1. The minimum absolute atomic E-state index is 0.279. The van der Waals surface area contributed by atoms with Crippen LogP contribution in [0.25, 0.3) is 0 Å². The molecule has 1 atom stereocenters. The van der Waals surface area contributed by atoms with Gasteiger partial charge >= 0.3 is 5.97 Å². The van der Waals surface area contributed by atoms with E-state index in [9.17, 15) is 9.59 Å². The van der Waals surface area contributed by atoms with Crippen LogP contribution in [0.15, 0.2) is 42.0 Å². The third-order valence-corrected chi connectivity index (χ3v) is 2.59. The number of ether oxygens (including phenoxy) is 1. The molecule has 0 fully saturated rings. The van der Waals surface area contributed by atoms with E-state index in [1.807, 2.05) is 26.0 Å². The highest BCUT2D eigenvalue weighted by atomic mass is 16.5. The average Bonchev–Trinajstić information content (AvgIpc) is 2.43. The highest BCUT2D eigenvalue weighted by Gasteiger charge is 2.20. The Balaban J connectivity index is 2.75. The van der Waals surface area contributed by atoms with Crippen molar-refractivity contribution in [1.82, 2.24) is 5.32 Å². The second-order valence-corrected chi connectivity index (χ2v) is 4.43. The number of nitrogens with one attached hydrogen (secondary N) is 1. The Hall–Kier alpha value is -2.10. The van der Waals surface area contributed by atoms with Crippen molar-refractivity contribution >= 4 is 11.9 Å². The first-order valence-corrected chi connectivity index (χ1v) is 6.11. The molecule has 1 unspecified atom stereocenters. The van der Waals surface area contributed by atoms with Crippen LogP contribution in [-0.2, 0) is 9.53 Å². The second kappa shape index (κ2) is 7.36. The Bertz CT molecular complexity index is 462. The van der Waals surface area contributed by atoms with Crippen LogP contribution in [0.1, 0.15) is 30.6 Å². The van der Waals surface area contributed by atoms with Crippen molar-refractivity contribution in [2.45, 2.75) is 26.3 Å². The summed E-state index contributed by atoms with van der Waals surface area (Å²) >= 11 is 0. The summed E-state index contributed by atoms with van der Waals surface area (Å²) in [5, 5.41) is 2.68. The normalized spacial score (nSPS) is 11.3. The molecule has 4 nitrogen and oxygen atoms in total. The third-order valence-electron chi connectivity index (χ3n) is 2.59. The molecule has 1 N–H and O–H groups in total. The van der Waals surface area contributed by atoms with Crippen LogP contribution >= 0.6 is 0 Å². The number of methoxy groups -OCH3 is 1. The van der Waals surface area contributed by atoms with Gasteiger partial charge in [-0.05, 0) is 32.4 Å². The standard InChI is InChI=1S/C15H19NO3/c1-11(2)9-10-13(15(18)19-3)16-14(17)12-7-5-4-6-8-12/h4-9,13H,10H2,1-3H3,(H,16,17). The second-order valence-electron chi connectivity index (χ2n) is 4.43. The van der Waals surface area contributed by atoms with Gasteiger partial charge in [0.25, 0.3) is 5.91 Å². The van der Waals surface area contributed by atoms with Gasteiger partial charge in [0, 0.05) is 5.56 Å². The maximum Gasteiger partial charge on any atom is 0.328 e. The van der Waals surface area contributed by atoms with E-state index in [0.29, 0.717) is 12.0 Å². The molecule has 0 aromatic heterocycles. The van der Waals surface area contributed by atoms with Gasteiger partial charge in [0.2, 0.25) is 0 Å². The molecule has 1 aromatic carbocycles. The first-order valence-electron chi connectivity index (χ1n) is 6.11. The highest BCUT2D eigenvalue weighted by molar-refractivity contribution is 5.96. The molecule has 0 aliphatic heterocycles. The molecule has 19 heavy (non-hydrogen) atoms. The largest absolute Gasteiger partial charge is 0.467 e. The van der Waals surface area contributed by atoms with Gasteiger partial charge in [0.1, 0.15) is 6.04 Å². The molecule has 0 saturated heterocycles. The Morgan fingerprint density at radius 1 is 1.26 bits per heavy atom. The number of allylic oxidation sites excluding steroid dienone is 1. The minimum atomic E-state index is -0.660. The lowest BCUT2D eigenvalue weighted by molar-refractivity contribution is -0.142. The zero-order valence-corrected chi connectivity index (χ0v) is 11.5. The molecule has 1 aromatic rings. The Labute approximate surface area is 113 Å². The Kier molecular flexibility index (Phi) is 5.79. The molecule has 1 amide bonds. The maximum atomic E-state index is 12.0. The van der Waals surface area contributed by atoms with Gasteiger partial charge in [-0.25, -0.2) is 4.79 Å². The van der Waals surface area contributed by atoms with Crippen LogP contribution < -0.4 is 5.32 Å². The summed E-state index contributed by atoms with van der Waals surface area (Å²) in [5.74, 6) is -0.722. The predicted octanol–water partition coefficient (Wildman–Crippen LogP) is 2.31. The predicted molar refractivity (Wildman–Crippen MR) is 73.8 cm³/mol. The summed E-state index contributed by atoms with van der Waals surface area (Å²) in [6.45, 7) is 3.88. The van der Waals surface area contributed by atoms with Crippen LogP contribution in [0.4, 0.5) is 0 Å². The SMILES string of the molecule is COC(=O)C(CC=C(C)C)NC(=O)c1ccccc1. The number of amides is 1. The van der Waals surface area contributed by atoms with Gasteiger partial charge in [-0.1, -0.05) is 29.8 Å². The molecule has 0 aliphatic rings. The number of hydrogen-bond acceptors (Lipinski definition) is 3. The van der Waals surface area contributed by atoms with Crippen molar-refractivity contribution in [2.24, 2.45) is 0 Å². The summed E-state index contributed by atoms with van der Waals surface area (Å²) in [6.07, 6.45) is 2.32. The molecule has 0 spiro atoms. The van der Waals surface area contributed by atoms with Crippen LogP contribution in [0, 0.1) is 0 Å². The summed E-state index contributed by atoms with van der Waals surface area (Å²) in [6, 6.07) is 8.12. The van der Waals surface area contributed by atoms with Crippen molar-refractivity contribution in [2.75, 3.05) is 7.11 Å². The molecule has 0 bridgehead atoms. The summed E-state index contributed by atoms with van der Waals surface area (Å²) in [4.78, 5) is 23.6. The van der Waals surface area contributed by atoms with Gasteiger partial charge in [0.05, 0.1) is 7.11 Å². The van der Waals surface area contributed by atoms with E-state index in [2.05, 4.69) is 5.32 Å². The van der Waals surface area contributed by atoms with E-state index in [1.54, 1.807) is 24.3 Å². The molecular weight excluding hydrogens is 242 g/mol. The van der Waals surface area contributed by atoms with Crippen LogP contribution in [0.2, 0.25) is 0 Å². The molecule has 1 rings (SSSR count). The summed E-state index contributed by atoms with van der Waals surface area (Å²) < 4.78 is 4.70. The van der Waals surface area contributed by atoms with Crippen molar-refractivity contribution in [3.05, 3.63) is 47.5 Å². The molecule has 0 radical (unpaired) electrons. The van der Waals surface area contributed by atoms with Crippen molar-refractivity contribution < 1.29 is 14.3 Å². The lowest BCUT2D eigenvalue weighted by atomic mass is 10.1. The topological polar surface area (TPSA) is 55.4 Å². The zero-order valence-electron chi connectivity index (χ0n) is 11.5. The number of benzene rings is 1.